The number of aliphatic hydroxyl groups is 1. The fourth-order valence-electron chi connectivity index (χ4n) is 1.44. The van der Waals surface area contributed by atoms with Crippen LogP contribution in [0.2, 0.25) is 18.1 Å². The van der Waals surface area contributed by atoms with E-state index in [-0.39, 0.29) is 5.04 Å². The van der Waals surface area contributed by atoms with Crippen LogP contribution in [-0.2, 0) is 4.43 Å². The van der Waals surface area contributed by atoms with E-state index < -0.39 is 14.4 Å². The third kappa shape index (κ3) is 4.26. The first-order valence-corrected chi connectivity index (χ1v) is 9.50. The molecule has 1 aromatic heterocycles. The second-order valence-corrected chi connectivity index (χ2v) is 11.1. The Labute approximate surface area is 111 Å². The normalized spacial score (nSPS) is 14.8. The molecule has 1 heterocycles. The molecule has 1 N–H and O–H groups in total. The molecule has 0 aromatic carbocycles. The fourth-order valence-corrected chi connectivity index (χ4v) is 2.53. The second-order valence-electron chi connectivity index (χ2n) is 6.28. The summed E-state index contributed by atoms with van der Waals surface area (Å²) in [5.74, 6) is 0.641. The Morgan fingerprint density at radius 1 is 1.39 bits per heavy atom. The smallest absolute Gasteiger partial charge is 0.191 e. The zero-order chi connectivity index (χ0) is 13.8. The molecule has 4 heteroatoms. The third-order valence-electron chi connectivity index (χ3n) is 3.76. The highest BCUT2D eigenvalue weighted by Gasteiger charge is 2.36. The molecule has 1 unspecified atom stereocenters. The highest BCUT2D eigenvalue weighted by Crippen LogP contribution is 2.36. The van der Waals surface area contributed by atoms with E-state index in [1.54, 1.807) is 18.4 Å². The van der Waals surface area contributed by atoms with Crippen LogP contribution in [0.4, 0.5) is 0 Å². The second kappa shape index (κ2) is 6.04. The number of hydrogen-bond acceptors (Lipinski definition) is 3. The molecule has 1 atom stereocenters. The summed E-state index contributed by atoms with van der Waals surface area (Å²) < 4.78 is 11.2. The van der Waals surface area contributed by atoms with Crippen LogP contribution in [0, 0.1) is 0 Å². The van der Waals surface area contributed by atoms with Gasteiger partial charge in [0.25, 0.3) is 0 Å². The molecule has 0 amide bonds. The van der Waals surface area contributed by atoms with E-state index in [0.29, 0.717) is 18.8 Å². The maximum absolute atomic E-state index is 9.86. The average Bonchev–Trinajstić information content (AvgIpc) is 2.75. The molecule has 0 aliphatic carbocycles. The van der Waals surface area contributed by atoms with Crippen molar-refractivity contribution in [2.75, 3.05) is 6.61 Å². The summed E-state index contributed by atoms with van der Waals surface area (Å²) in [4.78, 5) is 0. The van der Waals surface area contributed by atoms with E-state index >= 15 is 0 Å². The largest absolute Gasteiger partial charge is 0.467 e. The van der Waals surface area contributed by atoms with Gasteiger partial charge in [-0.05, 0) is 43.1 Å². The molecule has 0 saturated carbocycles. The molecule has 0 fully saturated rings. The van der Waals surface area contributed by atoms with Gasteiger partial charge in [0.1, 0.15) is 11.9 Å². The van der Waals surface area contributed by atoms with Crippen molar-refractivity contribution in [2.45, 2.75) is 57.8 Å². The van der Waals surface area contributed by atoms with Gasteiger partial charge >= 0.3 is 0 Å². The van der Waals surface area contributed by atoms with Crippen LogP contribution in [0.3, 0.4) is 0 Å². The minimum absolute atomic E-state index is 0.243. The minimum Gasteiger partial charge on any atom is -0.467 e. The van der Waals surface area contributed by atoms with Gasteiger partial charge in [-0.15, -0.1) is 0 Å². The third-order valence-corrected chi connectivity index (χ3v) is 8.30. The first-order chi connectivity index (χ1) is 8.24. The quantitative estimate of drug-likeness (QED) is 0.624. The summed E-state index contributed by atoms with van der Waals surface area (Å²) in [5.41, 5.74) is 0. The predicted octanol–water partition coefficient (Wildman–Crippen LogP) is 4.12. The summed E-state index contributed by atoms with van der Waals surface area (Å²) in [5, 5.41) is 10.1. The molecule has 1 aromatic rings. The minimum atomic E-state index is -1.65. The lowest BCUT2D eigenvalue weighted by atomic mass is 10.1. The molecule has 0 bridgehead atoms. The van der Waals surface area contributed by atoms with Crippen molar-refractivity contribution in [1.82, 2.24) is 0 Å². The van der Waals surface area contributed by atoms with Crippen molar-refractivity contribution < 1.29 is 13.9 Å². The lowest BCUT2D eigenvalue weighted by Gasteiger charge is -2.36. The van der Waals surface area contributed by atoms with Crippen LogP contribution in [0.25, 0.3) is 0 Å². The van der Waals surface area contributed by atoms with Gasteiger partial charge in [-0.1, -0.05) is 20.8 Å². The van der Waals surface area contributed by atoms with Gasteiger partial charge in [-0.25, -0.2) is 0 Å². The van der Waals surface area contributed by atoms with Crippen LogP contribution in [-0.4, -0.2) is 20.0 Å². The van der Waals surface area contributed by atoms with E-state index in [4.69, 9.17) is 8.84 Å². The molecular weight excluding hydrogens is 244 g/mol. The van der Waals surface area contributed by atoms with Gasteiger partial charge in [0.2, 0.25) is 0 Å². The fraction of sp³-hybridized carbons (Fsp3) is 0.714. The summed E-state index contributed by atoms with van der Waals surface area (Å²) in [7, 11) is -1.65. The Balaban J connectivity index is 2.27. The summed E-state index contributed by atoms with van der Waals surface area (Å²) in [6.07, 6.45) is 2.62. The Bertz CT molecular complexity index is 338. The number of rotatable bonds is 6. The van der Waals surface area contributed by atoms with Crippen molar-refractivity contribution in [2.24, 2.45) is 0 Å². The lowest BCUT2D eigenvalue weighted by Crippen LogP contribution is -2.41. The number of furan rings is 1. The molecule has 0 aliphatic rings. The molecule has 3 nitrogen and oxygen atoms in total. The van der Waals surface area contributed by atoms with Crippen LogP contribution in [0.5, 0.6) is 0 Å². The Kier molecular flexibility index (Phi) is 5.19. The highest BCUT2D eigenvalue weighted by atomic mass is 28.4. The van der Waals surface area contributed by atoms with Crippen molar-refractivity contribution in [3.63, 3.8) is 0 Å². The molecule has 104 valence electrons. The zero-order valence-electron chi connectivity index (χ0n) is 12.2. The Morgan fingerprint density at radius 3 is 2.56 bits per heavy atom. The van der Waals surface area contributed by atoms with Gasteiger partial charge in [0.05, 0.1) is 6.26 Å². The van der Waals surface area contributed by atoms with E-state index in [2.05, 4.69) is 33.9 Å². The van der Waals surface area contributed by atoms with Gasteiger partial charge in [0.15, 0.2) is 8.32 Å². The van der Waals surface area contributed by atoms with Crippen molar-refractivity contribution in [1.29, 1.82) is 0 Å². The summed E-state index contributed by atoms with van der Waals surface area (Å²) >= 11 is 0. The predicted molar refractivity (Wildman–Crippen MR) is 76.1 cm³/mol. The van der Waals surface area contributed by atoms with Crippen LogP contribution < -0.4 is 0 Å². The molecule has 0 spiro atoms. The number of hydrogen-bond donors (Lipinski definition) is 1. The van der Waals surface area contributed by atoms with Crippen molar-refractivity contribution in [3.8, 4) is 0 Å². The average molecular weight is 270 g/mol. The van der Waals surface area contributed by atoms with E-state index in [1.165, 1.54) is 0 Å². The van der Waals surface area contributed by atoms with Crippen LogP contribution in [0.15, 0.2) is 22.8 Å². The van der Waals surface area contributed by atoms with E-state index in [1.807, 2.05) is 0 Å². The van der Waals surface area contributed by atoms with Crippen molar-refractivity contribution >= 4 is 8.32 Å². The molecule has 0 saturated heterocycles. The SMILES string of the molecule is CC(C)(C)[Si](C)(C)OCCCC(O)c1ccco1. The Morgan fingerprint density at radius 2 is 2.06 bits per heavy atom. The van der Waals surface area contributed by atoms with Gasteiger partial charge < -0.3 is 13.9 Å². The molecule has 18 heavy (non-hydrogen) atoms. The molecule has 0 aliphatic heterocycles. The monoisotopic (exact) mass is 270 g/mol. The number of aliphatic hydroxyl groups excluding tert-OH is 1. The summed E-state index contributed by atoms with van der Waals surface area (Å²) in [6, 6.07) is 3.60. The van der Waals surface area contributed by atoms with Gasteiger partial charge in [-0.3, -0.25) is 0 Å². The van der Waals surface area contributed by atoms with Gasteiger partial charge in [-0.2, -0.15) is 0 Å². The first kappa shape index (κ1) is 15.5. The van der Waals surface area contributed by atoms with Crippen LogP contribution in [0.1, 0.15) is 45.5 Å². The maximum Gasteiger partial charge on any atom is 0.191 e. The van der Waals surface area contributed by atoms with Crippen LogP contribution >= 0.6 is 0 Å². The molecular formula is C14H26O3Si. The maximum atomic E-state index is 9.86. The van der Waals surface area contributed by atoms with Crippen molar-refractivity contribution in [3.05, 3.63) is 24.2 Å². The molecule has 1 rings (SSSR count). The summed E-state index contributed by atoms with van der Waals surface area (Å²) in [6.45, 7) is 11.9. The highest BCUT2D eigenvalue weighted by molar-refractivity contribution is 6.74. The van der Waals surface area contributed by atoms with Gasteiger partial charge in [0, 0.05) is 6.61 Å². The zero-order valence-corrected chi connectivity index (χ0v) is 13.2. The molecule has 0 radical (unpaired) electrons. The topological polar surface area (TPSA) is 42.6 Å². The standard InChI is InChI=1S/C14H26O3Si/c1-14(2,3)18(4,5)17-11-6-8-12(15)13-9-7-10-16-13/h7,9-10,12,15H,6,8,11H2,1-5H3. The van der Waals surface area contributed by atoms with E-state index in [0.717, 1.165) is 6.42 Å². The Hall–Kier alpha value is -0.583. The lowest BCUT2D eigenvalue weighted by molar-refractivity contribution is 0.129. The first-order valence-electron chi connectivity index (χ1n) is 6.59. The van der Waals surface area contributed by atoms with E-state index in [9.17, 15) is 5.11 Å².